The normalized spacial score (nSPS) is 16.1. The second-order valence-corrected chi connectivity index (χ2v) is 10.3. The molecule has 0 saturated carbocycles. The molecule has 6 nitrogen and oxygen atoms in total. The van der Waals surface area contributed by atoms with Gasteiger partial charge in [-0.1, -0.05) is 42.6 Å². The predicted molar refractivity (Wildman–Crippen MR) is 135 cm³/mol. The van der Waals surface area contributed by atoms with E-state index in [0.717, 1.165) is 47.0 Å². The van der Waals surface area contributed by atoms with Gasteiger partial charge in [0.25, 0.3) is 0 Å². The van der Waals surface area contributed by atoms with Crippen LogP contribution in [0.1, 0.15) is 13.3 Å². The van der Waals surface area contributed by atoms with Crippen LogP contribution in [0.15, 0.2) is 72.9 Å². The van der Waals surface area contributed by atoms with Crippen LogP contribution in [0.2, 0.25) is 0 Å². The van der Waals surface area contributed by atoms with E-state index < -0.39 is 0 Å². The minimum atomic E-state index is -0.0921. The first kappa shape index (κ1) is 22.4. The number of nitrogens with one attached hydrogen (secondary N) is 2. The number of fused-ring (bicyclic) bond motifs is 2. The van der Waals surface area contributed by atoms with Crippen molar-refractivity contribution < 1.29 is 9.84 Å². The lowest BCUT2D eigenvalue weighted by Gasteiger charge is -2.29. The molecule has 5 rings (SSSR count). The third-order valence-electron chi connectivity index (χ3n) is 5.93. The highest BCUT2D eigenvalue weighted by Gasteiger charge is 2.22. The molecule has 1 saturated heterocycles. The lowest BCUT2D eigenvalue weighted by Crippen LogP contribution is -2.36. The molecule has 0 spiro atoms. The second-order valence-electron chi connectivity index (χ2n) is 8.15. The molecule has 1 unspecified atom stereocenters. The molecule has 3 heterocycles. The maximum absolute atomic E-state index is 12.5. The highest BCUT2D eigenvalue weighted by Crippen LogP contribution is 2.52. The van der Waals surface area contributed by atoms with Crippen LogP contribution < -0.4 is 15.8 Å². The van der Waals surface area contributed by atoms with Crippen LogP contribution >= 0.6 is 23.5 Å². The number of ether oxygens (including phenoxy) is 1. The van der Waals surface area contributed by atoms with Gasteiger partial charge < -0.3 is 25.0 Å². The molecule has 1 atom stereocenters. The highest BCUT2D eigenvalue weighted by atomic mass is 32.2. The quantitative estimate of drug-likeness (QED) is 0.369. The molecule has 2 aliphatic heterocycles. The molecule has 0 bridgehead atoms. The Bertz CT molecular complexity index is 1200. The van der Waals surface area contributed by atoms with Crippen LogP contribution in [0.4, 0.5) is 11.4 Å². The smallest absolute Gasteiger partial charge is 0.250 e. The average molecular weight is 482 g/mol. The van der Waals surface area contributed by atoms with E-state index >= 15 is 0 Å². The number of aromatic amines is 1. The van der Waals surface area contributed by atoms with Crippen molar-refractivity contribution >= 4 is 34.9 Å². The standard InChI is InChI=1S/C25H27N3O3S2/c1-2-16(15-29)26-17-6-7-21-23(12-17)32-22-5-3-4-19(25(22)33-21)20-13-18(14-24(30)27-20)28-8-10-31-11-9-28/h3-7,12-14,16,26,29H,2,8-11,15H2,1H3,(H,27,30). The van der Waals surface area contributed by atoms with Crippen LogP contribution in [-0.2, 0) is 4.74 Å². The summed E-state index contributed by atoms with van der Waals surface area (Å²) >= 11 is 3.48. The number of anilines is 2. The third kappa shape index (κ3) is 4.80. The number of aliphatic hydroxyl groups is 1. The number of nitrogens with zero attached hydrogens (tertiary/aromatic N) is 1. The van der Waals surface area contributed by atoms with Gasteiger partial charge in [-0.05, 0) is 36.8 Å². The maximum atomic E-state index is 12.5. The highest BCUT2D eigenvalue weighted by molar-refractivity contribution is 8.05. The summed E-state index contributed by atoms with van der Waals surface area (Å²) in [5.74, 6) is 0. The van der Waals surface area contributed by atoms with Gasteiger partial charge >= 0.3 is 0 Å². The Hall–Kier alpha value is -2.39. The van der Waals surface area contributed by atoms with E-state index in [4.69, 9.17) is 4.74 Å². The van der Waals surface area contributed by atoms with Gasteiger partial charge in [0.2, 0.25) is 5.56 Å². The number of rotatable bonds is 6. The Kier molecular flexibility index (Phi) is 6.69. The molecule has 2 aliphatic rings. The van der Waals surface area contributed by atoms with Crippen molar-refractivity contribution in [2.45, 2.75) is 39.0 Å². The summed E-state index contributed by atoms with van der Waals surface area (Å²) in [4.78, 5) is 22.5. The van der Waals surface area contributed by atoms with Crippen molar-refractivity contribution in [2.75, 3.05) is 43.1 Å². The molecule has 0 aliphatic carbocycles. The van der Waals surface area contributed by atoms with Gasteiger partial charge in [0.05, 0.1) is 25.5 Å². The molecule has 3 aromatic rings. The second kappa shape index (κ2) is 9.85. The summed E-state index contributed by atoms with van der Waals surface area (Å²) in [7, 11) is 0. The Morgan fingerprint density at radius 3 is 2.73 bits per heavy atom. The van der Waals surface area contributed by atoms with E-state index in [1.807, 2.05) is 6.07 Å². The van der Waals surface area contributed by atoms with E-state index in [0.29, 0.717) is 13.2 Å². The maximum Gasteiger partial charge on any atom is 0.250 e. The Balaban J connectivity index is 1.46. The summed E-state index contributed by atoms with van der Waals surface area (Å²) in [6, 6.07) is 16.4. The summed E-state index contributed by atoms with van der Waals surface area (Å²) in [5.41, 5.74) is 3.74. The molecule has 2 aromatic carbocycles. The van der Waals surface area contributed by atoms with Crippen molar-refractivity contribution in [3.05, 3.63) is 58.9 Å². The molecule has 172 valence electrons. The number of hydrogen-bond donors (Lipinski definition) is 3. The summed E-state index contributed by atoms with van der Waals surface area (Å²) in [6.07, 6.45) is 0.864. The number of pyridine rings is 1. The lowest BCUT2D eigenvalue weighted by molar-refractivity contribution is 0.122. The summed E-state index contributed by atoms with van der Waals surface area (Å²) < 4.78 is 5.47. The van der Waals surface area contributed by atoms with Gasteiger partial charge in [-0.3, -0.25) is 4.79 Å². The monoisotopic (exact) mass is 481 g/mol. The molecule has 0 radical (unpaired) electrons. The number of morpholine rings is 1. The van der Waals surface area contributed by atoms with Crippen molar-refractivity contribution in [3.8, 4) is 11.3 Å². The Morgan fingerprint density at radius 2 is 1.94 bits per heavy atom. The van der Waals surface area contributed by atoms with Crippen LogP contribution in [0.3, 0.4) is 0 Å². The SMILES string of the molecule is CCC(CO)Nc1ccc2c(c1)Sc1cccc(-c3cc(N4CCOCC4)cc(=O)[nH]3)c1S2. The fourth-order valence-corrected chi connectivity index (χ4v) is 6.51. The summed E-state index contributed by atoms with van der Waals surface area (Å²) in [5, 5.41) is 12.9. The molecule has 1 aromatic heterocycles. The van der Waals surface area contributed by atoms with E-state index in [-0.39, 0.29) is 18.2 Å². The van der Waals surface area contributed by atoms with E-state index in [1.165, 1.54) is 14.7 Å². The number of aromatic nitrogens is 1. The molecular weight excluding hydrogens is 454 g/mol. The molecule has 1 fully saturated rings. The van der Waals surface area contributed by atoms with E-state index in [1.54, 1.807) is 29.6 Å². The first-order chi connectivity index (χ1) is 16.1. The van der Waals surface area contributed by atoms with Gasteiger partial charge in [-0.15, -0.1) is 0 Å². The number of benzene rings is 2. The van der Waals surface area contributed by atoms with Crippen LogP contribution in [-0.4, -0.2) is 49.0 Å². The van der Waals surface area contributed by atoms with Crippen LogP contribution in [0, 0.1) is 0 Å². The Labute approximate surface area is 201 Å². The fraction of sp³-hybridized carbons (Fsp3) is 0.320. The van der Waals surface area contributed by atoms with Gasteiger partial charge in [-0.25, -0.2) is 0 Å². The molecule has 0 amide bonds. The minimum Gasteiger partial charge on any atom is -0.394 e. The first-order valence-corrected chi connectivity index (χ1v) is 12.9. The molecular formula is C25H27N3O3S2. The molecule has 3 N–H and O–H groups in total. The molecule has 8 heteroatoms. The predicted octanol–water partition coefficient (Wildman–Crippen LogP) is 4.68. The Morgan fingerprint density at radius 1 is 1.09 bits per heavy atom. The van der Waals surface area contributed by atoms with Crippen LogP contribution in [0.25, 0.3) is 11.3 Å². The van der Waals surface area contributed by atoms with Crippen molar-refractivity contribution in [2.24, 2.45) is 0 Å². The number of aliphatic hydroxyl groups excluding tert-OH is 1. The summed E-state index contributed by atoms with van der Waals surface area (Å²) in [6.45, 7) is 5.12. The van der Waals surface area contributed by atoms with Gasteiger partial charge in [0.15, 0.2) is 0 Å². The molecule has 33 heavy (non-hydrogen) atoms. The van der Waals surface area contributed by atoms with Gasteiger partial charge in [0.1, 0.15) is 0 Å². The average Bonchev–Trinajstić information content (AvgIpc) is 2.85. The zero-order valence-electron chi connectivity index (χ0n) is 18.5. The zero-order chi connectivity index (χ0) is 22.8. The minimum absolute atomic E-state index is 0.0544. The van der Waals surface area contributed by atoms with Crippen molar-refractivity contribution in [1.29, 1.82) is 0 Å². The largest absolute Gasteiger partial charge is 0.394 e. The lowest BCUT2D eigenvalue weighted by atomic mass is 10.1. The third-order valence-corrected chi connectivity index (χ3v) is 8.53. The number of H-pyrrole nitrogens is 1. The zero-order valence-corrected chi connectivity index (χ0v) is 20.1. The van der Waals surface area contributed by atoms with Crippen LogP contribution in [0.5, 0.6) is 0 Å². The fourth-order valence-electron chi connectivity index (χ4n) is 4.09. The van der Waals surface area contributed by atoms with E-state index in [9.17, 15) is 9.90 Å². The topological polar surface area (TPSA) is 77.6 Å². The van der Waals surface area contributed by atoms with Gasteiger partial charge in [-0.2, -0.15) is 0 Å². The van der Waals surface area contributed by atoms with Crippen molar-refractivity contribution in [3.63, 3.8) is 0 Å². The van der Waals surface area contributed by atoms with E-state index in [2.05, 4.69) is 58.5 Å². The number of hydrogen-bond acceptors (Lipinski definition) is 7. The first-order valence-electron chi connectivity index (χ1n) is 11.2. The van der Waals surface area contributed by atoms with Crippen molar-refractivity contribution in [1.82, 2.24) is 4.98 Å². The van der Waals surface area contributed by atoms with Gasteiger partial charge in [0, 0.05) is 61.7 Å².